The minimum Gasteiger partial charge on any atom is -0.322 e. The summed E-state index contributed by atoms with van der Waals surface area (Å²) in [5.41, 5.74) is 4.02. The number of nitrogens with zero attached hydrogens (tertiary/aromatic N) is 5. The van der Waals surface area contributed by atoms with Gasteiger partial charge in [-0.3, -0.25) is 9.69 Å². The summed E-state index contributed by atoms with van der Waals surface area (Å²) in [5.74, 6) is 0.872. The first-order chi connectivity index (χ1) is 15.6. The van der Waals surface area contributed by atoms with Gasteiger partial charge >= 0.3 is 0 Å². The summed E-state index contributed by atoms with van der Waals surface area (Å²) in [7, 11) is 0. The van der Waals surface area contributed by atoms with Gasteiger partial charge in [0.05, 0.1) is 12.6 Å². The molecule has 0 bridgehead atoms. The Kier molecular flexibility index (Phi) is 5.89. The number of aryl methyl sites for hydroxylation is 2. The first-order valence-corrected chi connectivity index (χ1v) is 12.1. The standard InChI is InChI=1S/C24H28N6OS/c1-16-10-18-12-19(24(31)25-22(18)11-17(16)2)13-29(14-21-8-5-9-32-21)15-23-26-27-28-30(23)20-6-3-4-7-20/h5,8-12,20H,3-4,6-7,13-15H2,1-2H3,(H,25,31). The van der Waals surface area contributed by atoms with Crippen LogP contribution in [0.15, 0.2) is 40.5 Å². The van der Waals surface area contributed by atoms with Crippen molar-refractivity contribution in [2.24, 2.45) is 0 Å². The lowest BCUT2D eigenvalue weighted by atomic mass is 10.0. The molecule has 0 aliphatic heterocycles. The average molecular weight is 449 g/mol. The molecule has 7 nitrogen and oxygen atoms in total. The summed E-state index contributed by atoms with van der Waals surface area (Å²) >= 11 is 1.73. The van der Waals surface area contributed by atoms with Gasteiger partial charge in [0.15, 0.2) is 5.82 Å². The SMILES string of the molecule is Cc1cc2cc(CN(Cc3cccs3)Cc3nnnn3C3CCCC3)c(=O)[nH]c2cc1C. The number of pyridine rings is 1. The van der Waals surface area contributed by atoms with Gasteiger partial charge in [0.25, 0.3) is 5.56 Å². The molecule has 0 unspecified atom stereocenters. The van der Waals surface area contributed by atoms with E-state index < -0.39 is 0 Å². The number of thiophene rings is 1. The maximum absolute atomic E-state index is 12.9. The quantitative estimate of drug-likeness (QED) is 0.450. The second-order valence-electron chi connectivity index (χ2n) is 8.85. The topological polar surface area (TPSA) is 79.7 Å². The Labute approximate surface area is 191 Å². The molecule has 3 aromatic heterocycles. The molecular weight excluding hydrogens is 420 g/mol. The van der Waals surface area contributed by atoms with Crippen LogP contribution in [-0.4, -0.2) is 30.1 Å². The third-order valence-corrected chi connectivity index (χ3v) is 7.35. The summed E-state index contributed by atoms with van der Waals surface area (Å²) in [6.45, 7) is 6.06. The van der Waals surface area contributed by atoms with Crippen molar-refractivity contribution in [2.75, 3.05) is 0 Å². The molecular formula is C24H28N6OS. The normalized spacial score (nSPS) is 14.7. The number of hydrogen-bond donors (Lipinski definition) is 1. The van der Waals surface area contributed by atoms with Crippen LogP contribution in [-0.2, 0) is 19.6 Å². The van der Waals surface area contributed by atoms with Crippen LogP contribution in [0, 0.1) is 13.8 Å². The van der Waals surface area contributed by atoms with Crippen molar-refractivity contribution < 1.29 is 0 Å². The first-order valence-electron chi connectivity index (χ1n) is 11.2. The van der Waals surface area contributed by atoms with Crippen molar-refractivity contribution in [1.29, 1.82) is 0 Å². The summed E-state index contributed by atoms with van der Waals surface area (Å²) < 4.78 is 2.01. The number of rotatable bonds is 7. The Morgan fingerprint density at radius 1 is 1.12 bits per heavy atom. The molecule has 0 radical (unpaired) electrons. The van der Waals surface area contributed by atoms with Gasteiger partial charge in [0.2, 0.25) is 0 Å². The second kappa shape index (κ2) is 8.96. The maximum Gasteiger partial charge on any atom is 0.252 e. The highest BCUT2D eigenvalue weighted by Gasteiger charge is 2.23. The lowest BCUT2D eigenvalue weighted by Crippen LogP contribution is -2.28. The summed E-state index contributed by atoms with van der Waals surface area (Å²) in [5, 5.41) is 15.8. The highest BCUT2D eigenvalue weighted by Crippen LogP contribution is 2.29. The van der Waals surface area contributed by atoms with E-state index in [2.05, 4.69) is 68.9 Å². The predicted molar refractivity (Wildman–Crippen MR) is 127 cm³/mol. The van der Waals surface area contributed by atoms with Crippen LogP contribution in [0.3, 0.4) is 0 Å². The number of hydrogen-bond acceptors (Lipinski definition) is 6. The van der Waals surface area contributed by atoms with Gasteiger partial charge < -0.3 is 4.98 Å². The fourth-order valence-electron chi connectivity index (χ4n) is 4.62. The highest BCUT2D eigenvalue weighted by atomic mass is 32.1. The summed E-state index contributed by atoms with van der Waals surface area (Å²) in [6.07, 6.45) is 4.72. The lowest BCUT2D eigenvalue weighted by molar-refractivity contribution is 0.234. The fraction of sp³-hybridized carbons (Fsp3) is 0.417. The van der Waals surface area contributed by atoms with Gasteiger partial charge in [0, 0.05) is 29.0 Å². The van der Waals surface area contributed by atoms with Crippen molar-refractivity contribution in [2.45, 2.75) is 65.2 Å². The third kappa shape index (κ3) is 4.38. The maximum atomic E-state index is 12.9. The first kappa shape index (κ1) is 21.0. The minimum absolute atomic E-state index is 0.0349. The molecule has 1 aliphatic carbocycles. The minimum atomic E-state index is -0.0349. The zero-order valence-electron chi connectivity index (χ0n) is 18.5. The van der Waals surface area contributed by atoms with E-state index >= 15 is 0 Å². The largest absolute Gasteiger partial charge is 0.322 e. The third-order valence-electron chi connectivity index (χ3n) is 6.49. The lowest BCUT2D eigenvalue weighted by Gasteiger charge is -2.22. The number of aromatic amines is 1. The van der Waals surface area contributed by atoms with Gasteiger partial charge in [-0.1, -0.05) is 18.9 Å². The molecule has 1 fully saturated rings. The van der Waals surface area contributed by atoms with E-state index in [1.807, 2.05) is 10.7 Å². The highest BCUT2D eigenvalue weighted by molar-refractivity contribution is 7.09. The molecule has 1 aromatic carbocycles. The molecule has 0 spiro atoms. The molecule has 166 valence electrons. The van der Waals surface area contributed by atoms with E-state index in [9.17, 15) is 4.79 Å². The Hall–Kier alpha value is -2.84. The molecule has 5 rings (SSSR count). The van der Waals surface area contributed by atoms with Crippen molar-refractivity contribution in [1.82, 2.24) is 30.1 Å². The number of nitrogens with one attached hydrogen (secondary N) is 1. The van der Waals surface area contributed by atoms with Crippen molar-refractivity contribution in [3.63, 3.8) is 0 Å². The monoisotopic (exact) mass is 448 g/mol. The van der Waals surface area contributed by atoms with Crippen LogP contribution < -0.4 is 5.56 Å². The summed E-state index contributed by atoms with van der Waals surface area (Å²) in [4.78, 5) is 19.5. The molecule has 1 aliphatic rings. The van der Waals surface area contributed by atoms with Crippen LogP contribution in [0.2, 0.25) is 0 Å². The molecule has 1 saturated carbocycles. The molecule has 4 aromatic rings. The van der Waals surface area contributed by atoms with E-state index in [4.69, 9.17) is 0 Å². The molecule has 8 heteroatoms. The van der Waals surface area contributed by atoms with Crippen molar-refractivity contribution in [3.05, 3.63) is 73.5 Å². The van der Waals surface area contributed by atoms with Crippen molar-refractivity contribution in [3.8, 4) is 0 Å². The second-order valence-corrected chi connectivity index (χ2v) is 9.88. The van der Waals surface area contributed by atoms with Gasteiger partial charge in [0.1, 0.15) is 0 Å². The van der Waals surface area contributed by atoms with Gasteiger partial charge in [-0.05, 0) is 83.3 Å². The molecule has 0 amide bonds. The number of aromatic nitrogens is 5. The van der Waals surface area contributed by atoms with Crippen LogP contribution in [0.25, 0.3) is 10.9 Å². The molecule has 1 N–H and O–H groups in total. The molecule has 3 heterocycles. The fourth-order valence-corrected chi connectivity index (χ4v) is 5.37. The van der Waals surface area contributed by atoms with E-state index in [-0.39, 0.29) is 5.56 Å². The predicted octanol–water partition coefficient (Wildman–Crippen LogP) is 4.51. The average Bonchev–Trinajstić information content (AvgIpc) is 3.52. The van der Waals surface area contributed by atoms with Crippen LogP contribution in [0.4, 0.5) is 0 Å². The molecule has 0 saturated heterocycles. The Balaban J connectivity index is 1.45. The Bertz CT molecular complexity index is 1270. The number of tetrazole rings is 1. The Morgan fingerprint density at radius 2 is 1.94 bits per heavy atom. The van der Waals surface area contributed by atoms with Crippen LogP contribution in [0.5, 0.6) is 0 Å². The Morgan fingerprint density at radius 3 is 2.72 bits per heavy atom. The molecule has 0 atom stereocenters. The van der Waals surface area contributed by atoms with E-state index in [1.165, 1.54) is 28.8 Å². The molecule has 32 heavy (non-hydrogen) atoms. The number of H-pyrrole nitrogens is 1. The van der Waals surface area contributed by atoms with Gasteiger partial charge in [-0.2, -0.15) is 0 Å². The smallest absolute Gasteiger partial charge is 0.252 e. The van der Waals surface area contributed by atoms with Crippen LogP contribution in [0.1, 0.15) is 59.1 Å². The van der Waals surface area contributed by atoms with Crippen molar-refractivity contribution >= 4 is 22.2 Å². The van der Waals surface area contributed by atoms with Crippen LogP contribution >= 0.6 is 11.3 Å². The number of benzene rings is 1. The zero-order valence-corrected chi connectivity index (χ0v) is 19.4. The zero-order chi connectivity index (χ0) is 22.1. The van der Waals surface area contributed by atoms with Gasteiger partial charge in [-0.25, -0.2) is 4.68 Å². The van der Waals surface area contributed by atoms with E-state index in [0.717, 1.165) is 41.7 Å². The summed E-state index contributed by atoms with van der Waals surface area (Å²) in [6, 6.07) is 10.8. The number of fused-ring (bicyclic) bond motifs is 1. The van der Waals surface area contributed by atoms with E-state index in [1.54, 1.807) is 11.3 Å². The van der Waals surface area contributed by atoms with E-state index in [0.29, 0.717) is 19.1 Å². The van der Waals surface area contributed by atoms with Gasteiger partial charge in [-0.15, -0.1) is 16.4 Å².